The normalized spacial score (nSPS) is 21.9. The van der Waals surface area contributed by atoms with E-state index in [1.165, 1.54) is 16.7 Å². The molecule has 1 heterocycles. The number of likely N-dealkylation sites (tertiary alicyclic amines) is 1. The molecular weight excluding hydrogens is 426 g/mol. The molecular formula is C29H33NO4. The first-order chi connectivity index (χ1) is 16.2. The number of hydrogen-bond acceptors (Lipinski definition) is 4. The minimum Gasteiger partial charge on any atom is -0.460 e. The summed E-state index contributed by atoms with van der Waals surface area (Å²) in [7, 11) is 0. The summed E-state index contributed by atoms with van der Waals surface area (Å²) in [5.74, 6) is -0.562. The molecule has 2 aliphatic rings. The number of hydrogen-bond donors (Lipinski definition) is 0. The summed E-state index contributed by atoms with van der Waals surface area (Å²) in [5.41, 5.74) is 4.09. The molecule has 178 valence electrons. The highest BCUT2D eigenvalue weighted by Crippen LogP contribution is 2.37. The number of benzene rings is 2. The van der Waals surface area contributed by atoms with Crippen molar-refractivity contribution in [3.8, 4) is 0 Å². The maximum absolute atomic E-state index is 13.0. The van der Waals surface area contributed by atoms with Crippen LogP contribution >= 0.6 is 0 Å². The molecule has 1 fully saturated rings. The molecule has 1 saturated heterocycles. The first-order valence-electron chi connectivity index (χ1n) is 11.9. The van der Waals surface area contributed by atoms with Crippen LogP contribution in [0, 0.1) is 11.8 Å². The van der Waals surface area contributed by atoms with E-state index in [9.17, 15) is 9.59 Å². The second-order valence-electron chi connectivity index (χ2n) is 10.1. The van der Waals surface area contributed by atoms with Crippen LogP contribution in [0.25, 0.3) is 6.08 Å². The Bertz CT molecular complexity index is 1100. The summed E-state index contributed by atoms with van der Waals surface area (Å²) in [6.45, 7) is 8.68. The van der Waals surface area contributed by atoms with Gasteiger partial charge in [-0.25, -0.2) is 4.79 Å². The van der Waals surface area contributed by atoms with Crippen molar-refractivity contribution in [1.82, 2.24) is 4.90 Å². The molecule has 3 atom stereocenters. The molecule has 4 rings (SSSR count). The van der Waals surface area contributed by atoms with E-state index >= 15 is 0 Å². The SMILES string of the molecule is CC1C(C=C[C@H]2CN(C(=O)OCc3ccccc3)C[C@H]2C(=O)OC(C)(C)C)=Cc2ccccc21. The zero-order valence-corrected chi connectivity index (χ0v) is 20.4. The van der Waals surface area contributed by atoms with Gasteiger partial charge in [0.05, 0.1) is 5.92 Å². The number of allylic oxidation sites excluding steroid dienone is 2. The van der Waals surface area contributed by atoms with Crippen molar-refractivity contribution in [2.75, 3.05) is 13.1 Å². The topological polar surface area (TPSA) is 55.8 Å². The van der Waals surface area contributed by atoms with Crippen molar-refractivity contribution < 1.29 is 19.1 Å². The van der Waals surface area contributed by atoms with Gasteiger partial charge in [0.1, 0.15) is 12.2 Å². The van der Waals surface area contributed by atoms with Crippen LogP contribution in [0.1, 0.15) is 50.3 Å². The second-order valence-corrected chi connectivity index (χ2v) is 10.1. The van der Waals surface area contributed by atoms with Crippen molar-refractivity contribution >= 4 is 18.1 Å². The molecule has 1 amide bonds. The highest BCUT2D eigenvalue weighted by atomic mass is 16.6. The van der Waals surface area contributed by atoms with Gasteiger partial charge in [-0.15, -0.1) is 0 Å². The Balaban J connectivity index is 1.47. The first-order valence-corrected chi connectivity index (χ1v) is 11.9. The zero-order valence-electron chi connectivity index (χ0n) is 20.4. The fraction of sp³-hybridized carbons (Fsp3) is 0.379. The van der Waals surface area contributed by atoms with Crippen LogP contribution in [0.2, 0.25) is 0 Å². The van der Waals surface area contributed by atoms with Crippen LogP contribution in [-0.2, 0) is 20.9 Å². The average Bonchev–Trinajstić information content (AvgIpc) is 3.37. The monoisotopic (exact) mass is 459 g/mol. The highest BCUT2D eigenvalue weighted by molar-refractivity contribution is 5.77. The predicted molar refractivity (Wildman–Crippen MR) is 133 cm³/mol. The van der Waals surface area contributed by atoms with Crippen molar-refractivity contribution in [3.05, 3.63) is 89.0 Å². The Morgan fingerprint density at radius 2 is 1.74 bits per heavy atom. The van der Waals surface area contributed by atoms with E-state index in [1.54, 1.807) is 4.90 Å². The number of nitrogens with zero attached hydrogens (tertiary/aromatic N) is 1. The Morgan fingerprint density at radius 3 is 2.44 bits per heavy atom. The third kappa shape index (κ3) is 5.58. The molecule has 0 spiro atoms. The van der Waals surface area contributed by atoms with Gasteiger partial charge in [0.25, 0.3) is 0 Å². The number of amides is 1. The summed E-state index contributed by atoms with van der Waals surface area (Å²) < 4.78 is 11.2. The van der Waals surface area contributed by atoms with Gasteiger partial charge in [-0.1, -0.05) is 79.7 Å². The second kappa shape index (κ2) is 9.88. The van der Waals surface area contributed by atoms with E-state index < -0.39 is 17.6 Å². The third-order valence-corrected chi connectivity index (χ3v) is 6.36. The molecule has 0 saturated carbocycles. The van der Waals surface area contributed by atoms with Gasteiger partial charge in [-0.05, 0) is 43.0 Å². The lowest BCUT2D eigenvalue weighted by Gasteiger charge is -2.23. The molecule has 0 bridgehead atoms. The van der Waals surface area contributed by atoms with Crippen LogP contribution in [0.5, 0.6) is 0 Å². The van der Waals surface area contributed by atoms with Crippen molar-refractivity contribution in [1.29, 1.82) is 0 Å². The Hall–Kier alpha value is -3.34. The van der Waals surface area contributed by atoms with E-state index in [4.69, 9.17) is 9.47 Å². The minimum absolute atomic E-state index is 0.143. The Kier molecular flexibility index (Phi) is 6.92. The van der Waals surface area contributed by atoms with Gasteiger partial charge in [-0.2, -0.15) is 0 Å². The number of carbonyl (C=O) groups is 2. The Morgan fingerprint density at radius 1 is 1.03 bits per heavy atom. The molecule has 0 radical (unpaired) electrons. The molecule has 1 unspecified atom stereocenters. The maximum Gasteiger partial charge on any atom is 0.410 e. The largest absolute Gasteiger partial charge is 0.460 e. The van der Waals surface area contributed by atoms with Gasteiger partial charge in [0.15, 0.2) is 0 Å². The predicted octanol–water partition coefficient (Wildman–Crippen LogP) is 5.97. The van der Waals surface area contributed by atoms with E-state index in [1.807, 2.05) is 57.2 Å². The quantitative estimate of drug-likeness (QED) is 0.517. The molecule has 0 N–H and O–H groups in total. The van der Waals surface area contributed by atoms with Gasteiger partial charge >= 0.3 is 12.1 Å². The lowest BCUT2D eigenvalue weighted by atomic mass is 9.92. The molecule has 0 aromatic heterocycles. The van der Waals surface area contributed by atoms with E-state index in [-0.39, 0.29) is 25.0 Å². The number of ether oxygens (including phenoxy) is 2. The summed E-state index contributed by atoms with van der Waals surface area (Å²) in [5, 5.41) is 0. The van der Waals surface area contributed by atoms with Crippen molar-refractivity contribution in [2.45, 2.75) is 45.8 Å². The molecule has 2 aromatic rings. The fourth-order valence-electron chi connectivity index (χ4n) is 4.56. The molecule has 5 heteroatoms. The van der Waals surface area contributed by atoms with Crippen LogP contribution in [0.4, 0.5) is 4.79 Å². The Labute approximate surface area is 202 Å². The maximum atomic E-state index is 13.0. The van der Waals surface area contributed by atoms with Crippen molar-refractivity contribution in [3.63, 3.8) is 0 Å². The van der Waals surface area contributed by atoms with Gasteiger partial charge in [0, 0.05) is 24.9 Å². The summed E-state index contributed by atoms with van der Waals surface area (Å²) in [6.07, 6.45) is 5.95. The van der Waals surface area contributed by atoms with Crippen molar-refractivity contribution in [2.24, 2.45) is 11.8 Å². The van der Waals surface area contributed by atoms with Crippen LogP contribution in [0.15, 0.2) is 72.3 Å². The average molecular weight is 460 g/mol. The van der Waals surface area contributed by atoms with E-state index in [0.717, 1.165) is 5.56 Å². The summed E-state index contributed by atoms with van der Waals surface area (Å²) in [4.78, 5) is 27.4. The summed E-state index contributed by atoms with van der Waals surface area (Å²) in [6, 6.07) is 18.0. The standard InChI is InChI=1S/C29H33NO4/c1-20-22(16-23-12-8-9-13-25(20)23)14-15-24-17-30(18-26(24)27(31)34-29(2,3)4)28(32)33-19-21-10-6-5-7-11-21/h5-16,20,24,26H,17-19H2,1-4H3/t20?,24-,26+/m0/s1. The molecule has 2 aromatic carbocycles. The summed E-state index contributed by atoms with van der Waals surface area (Å²) >= 11 is 0. The molecule has 1 aliphatic heterocycles. The number of carbonyl (C=O) groups excluding carboxylic acids is 2. The molecule has 1 aliphatic carbocycles. The molecule has 5 nitrogen and oxygen atoms in total. The zero-order chi connectivity index (χ0) is 24.3. The minimum atomic E-state index is -0.587. The lowest BCUT2D eigenvalue weighted by molar-refractivity contribution is -0.160. The molecule has 34 heavy (non-hydrogen) atoms. The number of rotatable bonds is 5. The fourth-order valence-corrected chi connectivity index (χ4v) is 4.56. The van der Waals surface area contributed by atoms with E-state index in [0.29, 0.717) is 12.5 Å². The van der Waals surface area contributed by atoms with Gasteiger partial charge in [-0.3, -0.25) is 4.79 Å². The number of fused-ring (bicyclic) bond motifs is 1. The van der Waals surface area contributed by atoms with E-state index in [2.05, 4.69) is 43.4 Å². The van der Waals surface area contributed by atoms with Crippen LogP contribution < -0.4 is 0 Å². The van der Waals surface area contributed by atoms with Crippen LogP contribution in [-0.4, -0.2) is 35.7 Å². The van der Waals surface area contributed by atoms with Gasteiger partial charge in [0.2, 0.25) is 0 Å². The smallest absolute Gasteiger partial charge is 0.410 e. The number of esters is 1. The first kappa shape index (κ1) is 23.8. The lowest BCUT2D eigenvalue weighted by Crippen LogP contribution is -2.33. The van der Waals surface area contributed by atoms with Gasteiger partial charge < -0.3 is 14.4 Å². The third-order valence-electron chi connectivity index (χ3n) is 6.36. The highest BCUT2D eigenvalue weighted by Gasteiger charge is 2.41. The van der Waals surface area contributed by atoms with Crippen LogP contribution in [0.3, 0.4) is 0 Å².